The molecule has 0 bridgehead atoms. The Kier molecular flexibility index (Phi) is 4.89. The number of nitrogens with zero attached hydrogens (tertiary/aromatic N) is 1. The Morgan fingerprint density at radius 2 is 1.79 bits per heavy atom. The molecule has 2 amide bonds. The molecule has 1 N–H and O–H groups in total. The van der Waals surface area contributed by atoms with E-state index < -0.39 is 0 Å². The molecule has 1 heterocycles. The number of nitrogens with one attached hydrogen (secondary N) is 1. The maximum absolute atomic E-state index is 12.8. The van der Waals surface area contributed by atoms with Crippen molar-refractivity contribution in [1.29, 1.82) is 0 Å². The zero-order valence-electron chi connectivity index (χ0n) is 13.3. The molecule has 0 radical (unpaired) electrons. The van der Waals surface area contributed by atoms with Crippen molar-refractivity contribution in [3.05, 3.63) is 59.9 Å². The standard InChI is InChI=1S/C19H19FN2O2/c20-15-6-3-14(4-7-15)5-12-18(23)21-16-8-10-17(11-9-16)22-13-1-2-19(22)24/h3-4,6-11H,1-2,5,12-13H2,(H,21,23). The van der Waals surface area contributed by atoms with Crippen molar-refractivity contribution in [2.45, 2.75) is 25.7 Å². The van der Waals surface area contributed by atoms with E-state index in [0.717, 1.165) is 24.2 Å². The Balaban J connectivity index is 1.52. The molecular formula is C19H19FN2O2. The number of amides is 2. The summed E-state index contributed by atoms with van der Waals surface area (Å²) in [5.41, 5.74) is 2.49. The van der Waals surface area contributed by atoms with Gasteiger partial charge in [0.25, 0.3) is 0 Å². The molecule has 1 saturated heterocycles. The van der Waals surface area contributed by atoms with E-state index in [1.807, 2.05) is 12.1 Å². The van der Waals surface area contributed by atoms with Crippen LogP contribution < -0.4 is 10.2 Å². The number of benzene rings is 2. The second-order valence-corrected chi connectivity index (χ2v) is 5.87. The molecule has 124 valence electrons. The lowest BCUT2D eigenvalue weighted by Gasteiger charge is -2.16. The minimum atomic E-state index is -0.278. The first-order chi connectivity index (χ1) is 11.6. The van der Waals surface area contributed by atoms with Crippen LogP contribution in [0.1, 0.15) is 24.8 Å². The van der Waals surface area contributed by atoms with Crippen molar-refractivity contribution in [1.82, 2.24) is 0 Å². The maximum atomic E-state index is 12.8. The molecule has 0 spiro atoms. The molecule has 0 aliphatic carbocycles. The van der Waals surface area contributed by atoms with Gasteiger partial charge in [-0.2, -0.15) is 0 Å². The van der Waals surface area contributed by atoms with Gasteiger partial charge in [0, 0.05) is 30.8 Å². The minimum absolute atomic E-state index is 0.0932. The van der Waals surface area contributed by atoms with Crippen LogP contribution in [0.15, 0.2) is 48.5 Å². The number of rotatable bonds is 5. The average molecular weight is 326 g/mol. The molecule has 2 aromatic carbocycles. The fraction of sp³-hybridized carbons (Fsp3) is 0.263. The first-order valence-corrected chi connectivity index (χ1v) is 8.06. The molecular weight excluding hydrogens is 307 g/mol. The summed E-state index contributed by atoms with van der Waals surface area (Å²) < 4.78 is 12.8. The average Bonchev–Trinajstić information content (AvgIpc) is 3.01. The first kappa shape index (κ1) is 16.2. The molecule has 3 rings (SSSR count). The highest BCUT2D eigenvalue weighted by Crippen LogP contribution is 2.23. The molecule has 24 heavy (non-hydrogen) atoms. The third-order valence-electron chi connectivity index (χ3n) is 4.09. The lowest BCUT2D eigenvalue weighted by Crippen LogP contribution is -2.23. The van der Waals surface area contributed by atoms with Gasteiger partial charge in [0.15, 0.2) is 0 Å². The number of hydrogen-bond donors (Lipinski definition) is 1. The zero-order valence-corrected chi connectivity index (χ0v) is 13.3. The van der Waals surface area contributed by atoms with Crippen molar-refractivity contribution in [2.24, 2.45) is 0 Å². The van der Waals surface area contributed by atoms with Gasteiger partial charge in [-0.05, 0) is 54.8 Å². The van der Waals surface area contributed by atoms with Crippen LogP contribution in [0.4, 0.5) is 15.8 Å². The van der Waals surface area contributed by atoms with E-state index in [2.05, 4.69) is 5.32 Å². The maximum Gasteiger partial charge on any atom is 0.227 e. The van der Waals surface area contributed by atoms with Crippen LogP contribution in [0.25, 0.3) is 0 Å². The normalized spacial score (nSPS) is 14.0. The highest BCUT2D eigenvalue weighted by Gasteiger charge is 2.21. The van der Waals surface area contributed by atoms with E-state index in [9.17, 15) is 14.0 Å². The van der Waals surface area contributed by atoms with Gasteiger partial charge in [-0.1, -0.05) is 12.1 Å². The van der Waals surface area contributed by atoms with Crippen LogP contribution in [0.5, 0.6) is 0 Å². The summed E-state index contributed by atoms with van der Waals surface area (Å²) >= 11 is 0. The monoisotopic (exact) mass is 326 g/mol. The summed E-state index contributed by atoms with van der Waals surface area (Å²) in [5, 5.41) is 2.84. The topological polar surface area (TPSA) is 49.4 Å². The minimum Gasteiger partial charge on any atom is -0.326 e. The summed E-state index contributed by atoms with van der Waals surface area (Å²) in [7, 11) is 0. The summed E-state index contributed by atoms with van der Waals surface area (Å²) in [5.74, 6) is -0.227. The molecule has 0 unspecified atom stereocenters. The van der Waals surface area contributed by atoms with Crippen LogP contribution in [-0.2, 0) is 16.0 Å². The highest BCUT2D eigenvalue weighted by atomic mass is 19.1. The smallest absolute Gasteiger partial charge is 0.227 e. The largest absolute Gasteiger partial charge is 0.326 e. The Bertz CT molecular complexity index is 726. The number of hydrogen-bond acceptors (Lipinski definition) is 2. The van der Waals surface area contributed by atoms with Gasteiger partial charge in [-0.25, -0.2) is 4.39 Å². The molecule has 4 nitrogen and oxygen atoms in total. The summed E-state index contributed by atoms with van der Waals surface area (Å²) in [6, 6.07) is 13.5. The summed E-state index contributed by atoms with van der Waals surface area (Å²) in [6.07, 6.45) is 2.38. The van der Waals surface area contributed by atoms with Gasteiger partial charge in [0.1, 0.15) is 5.82 Å². The van der Waals surface area contributed by atoms with Crippen LogP contribution in [0.3, 0.4) is 0 Å². The first-order valence-electron chi connectivity index (χ1n) is 8.06. The Morgan fingerprint density at radius 3 is 2.42 bits per heavy atom. The Hall–Kier alpha value is -2.69. The second-order valence-electron chi connectivity index (χ2n) is 5.87. The van der Waals surface area contributed by atoms with Crippen molar-refractivity contribution >= 4 is 23.2 Å². The van der Waals surface area contributed by atoms with Gasteiger partial charge in [-0.3, -0.25) is 9.59 Å². The molecule has 0 atom stereocenters. The van der Waals surface area contributed by atoms with E-state index in [-0.39, 0.29) is 17.6 Å². The summed E-state index contributed by atoms with van der Waals surface area (Å²) in [6.45, 7) is 0.752. The number of carbonyl (C=O) groups is 2. The van der Waals surface area contributed by atoms with E-state index in [1.54, 1.807) is 29.2 Å². The van der Waals surface area contributed by atoms with E-state index in [1.165, 1.54) is 12.1 Å². The third-order valence-corrected chi connectivity index (χ3v) is 4.09. The summed E-state index contributed by atoms with van der Waals surface area (Å²) in [4.78, 5) is 25.5. The van der Waals surface area contributed by atoms with Gasteiger partial charge >= 0.3 is 0 Å². The number of halogens is 1. The molecule has 1 aliphatic heterocycles. The van der Waals surface area contributed by atoms with Crippen molar-refractivity contribution in [3.63, 3.8) is 0 Å². The van der Waals surface area contributed by atoms with E-state index >= 15 is 0 Å². The van der Waals surface area contributed by atoms with Crippen LogP contribution in [-0.4, -0.2) is 18.4 Å². The van der Waals surface area contributed by atoms with Gasteiger partial charge < -0.3 is 10.2 Å². The highest BCUT2D eigenvalue weighted by molar-refractivity contribution is 5.96. The lowest BCUT2D eigenvalue weighted by molar-refractivity contribution is -0.117. The predicted octanol–water partition coefficient (Wildman–Crippen LogP) is 3.52. The predicted molar refractivity (Wildman–Crippen MR) is 91.4 cm³/mol. The molecule has 2 aromatic rings. The quantitative estimate of drug-likeness (QED) is 0.914. The molecule has 5 heteroatoms. The molecule has 1 aliphatic rings. The van der Waals surface area contributed by atoms with Crippen molar-refractivity contribution in [3.8, 4) is 0 Å². The third kappa shape index (κ3) is 3.98. The van der Waals surface area contributed by atoms with Crippen molar-refractivity contribution in [2.75, 3.05) is 16.8 Å². The van der Waals surface area contributed by atoms with Gasteiger partial charge in [0.2, 0.25) is 11.8 Å². The Morgan fingerprint density at radius 1 is 1.08 bits per heavy atom. The molecule has 0 saturated carbocycles. The fourth-order valence-electron chi connectivity index (χ4n) is 2.78. The fourth-order valence-corrected chi connectivity index (χ4v) is 2.78. The zero-order chi connectivity index (χ0) is 16.9. The number of carbonyl (C=O) groups excluding carboxylic acids is 2. The van der Waals surface area contributed by atoms with Gasteiger partial charge in [-0.15, -0.1) is 0 Å². The van der Waals surface area contributed by atoms with E-state index in [0.29, 0.717) is 24.9 Å². The Labute approximate surface area is 140 Å². The van der Waals surface area contributed by atoms with E-state index in [4.69, 9.17) is 0 Å². The van der Waals surface area contributed by atoms with Crippen LogP contribution >= 0.6 is 0 Å². The van der Waals surface area contributed by atoms with Crippen molar-refractivity contribution < 1.29 is 14.0 Å². The number of aryl methyl sites for hydroxylation is 1. The lowest BCUT2D eigenvalue weighted by atomic mass is 10.1. The number of anilines is 2. The molecule has 1 fully saturated rings. The van der Waals surface area contributed by atoms with Crippen LogP contribution in [0.2, 0.25) is 0 Å². The second kappa shape index (κ2) is 7.25. The SMILES string of the molecule is O=C(CCc1ccc(F)cc1)Nc1ccc(N2CCCC2=O)cc1. The van der Waals surface area contributed by atoms with Crippen LogP contribution in [0, 0.1) is 5.82 Å². The molecule has 0 aromatic heterocycles. The van der Waals surface area contributed by atoms with Gasteiger partial charge in [0.05, 0.1) is 0 Å².